The number of aryl methyl sites for hydroxylation is 2. The molecule has 4 rings (SSSR count). The fraction of sp³-hybridized carbons (Fsp3) is 0.368. The predicted octanol–water partition coefficient (Wildman–Crippen LogP) is 4.07. The first-order chi connectivity index (χ1) is 12.6. The second kappa shape index (κ2) is 7.26. The maximum Gasteiger partial charge on any atom is 0.231 e. The van der Waals surface area contributed by atoms with Crippen molar-refractivity contribution < 1.29 is 13.9 Å². The molecule has 0 unspecified atom stereocenters. The Bertz CT molecular complexity index is 938. The van der Waals surface area contributed by atoms with Gasteiger partial charge < -0.3 is 9.47 Å². The number of halogens is 1. The number of para-hydroxylation sites is 1. The lowest BCUT2D eigenvalue weighted by Gasteiger charge is -2.25. The van der Waals surface area contributed by atoms with E-state index in [2.05, 4.69) is 16.8 Å². The number of hydrogen-bond donors (Lipinski definition) is 0. The van der Waals surface area contributed by atoms with E-state index in [1.165, 1.54) is 6.07 Å². The van der Waals surface area contributed by atoms with E-state index in [9.17, 15) is 4.39 Å². The summed E-state index contributed by atoms with van der Waals surface area (Å²) in [7, 11) is 0. The first kappa shape index (κ1) is 17.3. The van der Waals surface area contributed by atoms with Crippen molar-refractivity contribution in [2.24, 2.45) is 0 Å². The van der Waals surface area contributed by atoms with Crippen LogP contribution < -0.4 is 4.74 Å². The number of aromatic nitrogens is 2. The standard InChI is InChI=1S/C19H20FN3O2S/c1-12-13(2)26-19-17(12)18(25-15-6-4-3-5-14(15)20)21-16(22-19)11-23-7-9-24-10-8-23/h3-6H,7-11H2,1-2H3. The third-order valence-corrected chi connectivity index (χ3v) is 5.65. The van der Waals surface area contributed by atoms with Crippen LogP contribution in [0.4, 0.5) is 4.39 Å². The highest BCUT2D eigenvalue weighted by molar-refractivity contribution is 7.18. The summed E-state index contributed by atoms with van der Waals surface area (Å²) in [6, 6.07) is 6.38. The fourth-order valence-electron chi connectivity index (χ4n) is 2.99. The molecular formula is C19H20FN3O2S. The van der Waals surface area contributed by atoms with Crippen LogP contribution in [0.15, 0.2) is 24.3 Å². The van der Waals surface area contributed by atoms with E-state index in [1.807, 2.05) is 6.92 Å². The molecule has 0 spiro atoms. The molecule has 1 fully saturated rings. The molecule has 7 heteroatoms. The van der Waals surface area contributed by atoms with Gasteiger partial charge in [0.1, 0.15) is 10.7 Å². The van der Waals surface area contributed by atoms with Crippen molar-refractivity contribution in [1.82, 2.24) is 14.9 Å². The van der Waals surface area contributed by atoms with Crippen LogP contribution in [0.5, 0.6) is 11.6 Å². The normalized spacial score (nSPS) is 15.5. The zero-order valence-corrected chi connectivity index (χ0v) is 15.6. The van der Waals surface area contributed by atoms with Crippen LogP contribution in [0, 0.1) is 19.7 Å². The summed E-state index contributed by atoms with van der Waals surface area (Å²) in [5.41, 5.74) is 1.08. The number of fused-ring (bicyclic) bond motifs is 1. The molecule has 0 bridgehead atoms. The molecule has 3 heterocycles. The molecule has 136 valence electrons. The Morgan fingerprint density at radius 3 is 2.73 bits per heavy atom. The van der Waals surface area contributed by atoms with Crippen LogP contribution in [0.3, 0.4) is 0 Å². The van der Waals surface area contributed by atoms with Crippen molar-refractivity contribution in [3.8, 4) is 11.6 Å². The van der Waals surface area contributed by atoms with Crippen LogP contribution in [0.1, 0.15) is 16.3 Å². The number of rotatable bonds is 4. The lowest BCUT2D eigenvalue weighted by Crippen LogP contribution is -2.36. The molecule has 0 saturated carbocycles. The summed E-state index contributed by atoms with van der Waals surface area (Å²) in [6.45, 7) is 7.85. The Morgan fingerprint density at radius 1 is 1.19 bits per heavy atom. The van der Waals surface area contributed by atoms with Crippen molar-refractivity contribution in [3.63, 3.8) is 0 Å². The van der Waals surface area contributed by atoms with Crippen molar-refractivity contribution >= 4 is 21.6 Å². The third kappa shape index (κ3) is 3.42. The van der Waals surface area contributed by atoms with E-state index in [0.717, 1.165) is 47.0 Å². The van der Waals surface area contributed by atoms with Crippen LogP contribution >= 0.6 is 11.3 Å². The highest BCUT2D eigenvalue weighted by Crippen LogP contribution is 2.37. The van der Waals surface area contributed by atoms with E-state index in [1.54, 1.807) is 29.5 Å². The smallest absolute Gasteiger partial charge is 0.231 e. The van der Waals surface area contributed by atoms with E-state index >= 15 is 0 Å². The second-order valence-corrected chi connectivity index (χ2v) is 7.53. The van der Waals surface area contributed by atoms with E-state index < -0.39 is 5.82 Å². The highest BCUT2D eigenvalue weighted by Gasteiger charge is 2.19. The van der Waals surface area contributed by atoms with Crippen LogP contribution in [-0.4, -0.2) is 41.2 Å². The number of ether oxygens (including phenoxy) is 2. The van der Waals surface area contributed by atoms with Crippen molar-refractivity contribution in [1.29, 1.82) is 0 Å². The topological polar surface area (TPSA) is 47.5 Å². The van der Waals surface area contributed by atoms with Gasteiger partial charge in [0.15, 0.2) is 11.6 Å². The van der Waals surface area contributed by atoms with Crippen LogP contribution in [0.25, 0.3) is 10.2 Å². The quantitative estimate of drug-likeness (QED) is 0.690. The summed E-state index contributed by atoms with van der Waals surface area (Å²) in [5.74, 6) is 0.879. The third-order valence-electron chi connectivity index (χ3n) is 4.55. The van der Waals surface area contributed by atoms with Crippen molar-refractivity contribution in [2.75, 3.05) is 26.3 Å². The summed E-state index contributed by atoms with van der Waals surface area (Å²) in [6.07, 6.45) is 0. The van der Waals surface area contributed by atoms with E-state index in [4.69, 9.17) is 14.5 Å². The van der Waals surface area contributed by atoms with Gasteiger partial charge in [-0.3, -0.25) is 4.90 Å². The van der Waals surface area contributed by atoms with E-state index in [-0.39, 0.29) is 5.75 Å². The van der Waals surface area contributed by atoms with Crippen LogP contribution in [-0.2, 0) is 11.3 Å². The molecule has 1 aliphatic rings. The Balaban J connectivity index is 1.74. The Morgan fingerprint density at radius 2 is 1.96 bits per heavy atom. The van der Waals surface area contributed by atoms with Gasteiger partial charge in [-0.05, 0) is 31.5 Å². The van der Waals surface area contributed by atoms with Gasteiger partial charge in [0.05, 0.1) is 25.1 Å². The summed E-state index contributed by atoms with van der Waals surface area (Å²) in [5, 5.41) is 0.862. The lowest BCUT2D eigenvalue weighted by molar-refractivity contribution is 0.0330. The molecule has 1 saturated heterocycles. The Kier molecular flexibility index (Phi) is 4.84. The van der Waals surface area contributed by atoms with Gasteiger partial charge >= 0.3 is 0 Å². The van der Waals surface area contributed by atoms with Gasteiger partial charge in [0.25, 0.3) is 0 Å². The minimum Gasteiger partial charge on any atom is -0.435 e. The molecule has 0 amide bonds. The van der Waals surface area contributed by atoms with Crippen molar-refractivity contribution in [3.05, 3.63) is 46.3 Å². The van der Waals surface area contributed by atoms with Gasteiger partial charge in [-0.2, -0.15) is 4.98 Å². The van der Waals surface area contributed by atoms with Crippen LogP contribution in [0.2, 0.25) is 0 Å². The molecule has 2 aromatic heterocycles. The summed E-state index contributed by atoms with van der Waals surface area (Å²) < 4.78 is 25.3. The lowest BCUT2D eigenvalue weighted by atomic mass is 10.2. The fourth-order valence-corrected chi connectivity index (χ4v) is 4.03. The van der Waals surface area contributed by atoms with Gasteiger partial charge in [-0.1, -0.05) is 12.1 Å². The first-order valence-electron chi connectivity index (χ1n) is 8.61. The molecule has 0 aliphatic carbocycles. The maximum atomic E-state index is 14.1. The SMILES string of the molecule is Cc1sc2nc(CN3CCOCC3)nc(Oc3ccccc3F)c2c1C. The second-order valence-electron chi connectivity index (χ2n) is 6.33. The molecule has 0 radical (unpaired) electrons. The molecule has 1 aromatic carbocycles. The zero-order chi connectivity index (χ0) is 18.1. The molecule has 0 atom stereocenters. The Hall–Kier alpha value is -2.09. The maximum absolute atomic E-state index is 14.1. The molecule has 5 nitrogen and oxygen atoms in total. The zero-order valence-electron chi connectivity index (χ0n) is 14.8. The van der Waals surface area contributed by atoms with Gasteiger partial charge in [0, 0.05) is 18.0 Å². The summed E-state index contributed by atoms with van der Waals surface area (Å²) >= 11 is 1.62. The van der Waals surface area contributed by atoms with E-state index in [0.29, 0.717) is 18.2 Å². The molecule has 1 aliphatic heterocycles. The average Bonchev–Trinajstić information content (AvgIpc) is 2.92. The van der Waals surface area contributed by atoms with Gasteiger partial charge in [0.2, 0.25) is 5.88 Å². The van der Waals surface area contributed by atoms with Crippen molar-refractivity contribution in [2.45, 2.75) is 20.4 Å². The Labute approximate surface area is 155 Å². The predicted molar refractivity (Wildman–Crippen MR) is 99.5 cm³/mol. The van der Waals surface area contributed by atoms with Gasteiger partial charge in [-0.25, -0.2) is 9.37 Å². The number of morpholine rings is 1. The number of benzene rings is 1. The molecule has 3 aromatic rings. The highest BCUT2D eigenvalue weighted by atomic mass is 32.1. The largest absolute Gasteiger partial charge is 0.435 e. The summed E-state index contributed by atoms with van der Waals surface area (Å²) in [4.78, 5) is 13.7. The average molecular weight is 373 g/mol. The number of hydrogen-bond acceptors (Lipinski definition) is 6. The minimum atomic E-state index is -0.404. The molecular weight excluding hydrogens is 353 g/mol. The first-order valence-corrected chi connectivity index (χ1v) is 9.42. The number of thiophene rings is 1. The molecule has 0 N–H and O–H groups in total. The van der Waals surface area contributed by atoms with Gasteiger partial charge in [-0.15, -0.1) is 11.3 Å². The molecule has 26 heavy (non-hydrogen) atoms. The monoisotopic (exact) mass is 373 g/mol. The number of nitrogens with zero attached hydrogens (tertiary/aromatic N) is 3. The minimum absolute atomic E-state index is 0.174.